The van der Waals surface area contributed by atoms with Crippen molar-refractivity contribution in [2.75, 3.05) is 29.9 Å². The molecule has 11 heteroatoms. The number of pyridine rings is 1. The first-order valence-corrected chi connectivity index (χ1v) is 11.7. The van der Waals surface area contributed by atoms with Crippen LogP contribution >= 0.6 is 0 Å². The molecule has 178 valence electrons. The van der Waals surface area contributed by atoms with Gasteiger partial charge in [-0.3, -0.25) is 9.69 Å². The lowest BCUT2D eigenvalue weighted by Gasteiger charge is -2.18. The summed E-state index contributed by atoms with van der Waals surface area (Å²) >= 11 is 0. The number of carbonyl (C=O) groups excluding carboxylic acids is 1. The van der Waals surface area contributed by atoms with Crippen LogP contribution in [-0.4, -0.2) is 50.0 Å². The maximum atomic E-state index is 13.1. The Morgan fingerprint density at radius 2 is 2.00 bits per heavy atom. The van der Waals surface area contributed by atoms with Crippen LogP contribution in [0.4, 0.5) is 22.2 Å². The molecular weight excluding hydrogens is 446 g/mol. The first-order valence-electron chi connectivity index (χ1n) is 11.7. The molecule has 1 fully saturated rings. The number of nitrogens with zero attached hydrogens (tertiary/aromatic N) is 6. The molecule has 0 spiro atoms. The first kappa shape index (κ1) is 21.3. The van der Waals surface area contributed by atoms with Gasteiger partial charge in [0.05, 0.1) is 5.69 Å². The highest BCUT2D eigenvalue weighted by atomic mass is 16.2. The molecule has 4 aromatic rings. The third-order valence-electron chi connectivity index (χ3n) is 6.43. The zero-order valence-electron chi connectivity index (χ0n) is 19.3. The Labute approximate surface area is 200 Å². The van der Waals surface area contributed by atoms with E-state index in [1.165, 1.54) is 11.1 Å². The maximum Gasteiger partial charge on any atom is 0.323 e. The van der Waals surface area contributed by atoms with Crippen molar-refractivity contribution in [3.05, 3.63) is 64.2 Å². The smallest absolute Gasteiger partial charge is 0.323 e. The fraction of sp³-hybridized carbons (Fsp3) is 0.292. The van der Waals surface area contributed by atoms with Gasteiger partial charge in [-0.15, -0.1) is 0 Å². The van der Waals surface area contributed by atoms with Gasteiger partial charge in [0.25, 0.3) is 5.56 Å². The molecule has 2 aliphatic rings. The average molecular weight is 472 g/mol. The van der Waals surface area contributed by atoms with Crippen LogP contribution in [0, 0.1) is 0 Å². The molecule has 0 unspecified atom stereocenters. The minimum absolute atomic E-state index is 0.175. The molecule has 3 aromatic heterocycles. The van der Waals surface area contributed by atoms with Gasteiger partial charge in [0.15, 0.2) is 5.65 Å². The van der Waals surface area contributed by atoms with E-state index in [1.54, 1.807) is 38.8 Å². The monoisotopic (exact) mass is 471 g/mol. The van der Waals surface area contributed by atoms with Crippen molar-refractivity contribution >= 4 is 34.5 Å². The number of aromatic nitrogens is 5. The summed E-state index contributed by atoms with van der Waals surface area (Å²) in [5.74, 6) is 0.918. The number of benzene rings is 1. The van der Waals surface area contributed by atoms with Crippen molar-refractivity contribution in [2.45, 2.75) is 26.4 Å². The number of urea groups is 1. The predicted molar refractivity (Wildman–Crippen MR) is 132 cm³/mol. The maximum absolute atomic E-state index is 13.1. The molecule has 1 aromatic carbocycles. The van der Waals surface area contributed by atoms with Gasteiger partial charge in [0, 0.05) is 50.3 Å². The van der Waals surface area contributed by atoms with Gasteiger partial charge in [-0.1, -0.05) is 6.07 Å². The number of carbonyl (C=O) groups is 1. The van der Waals surface area contributed by atoms with E-state index in [2.05, 4.69) is 38.1 Å². The number of hydrogen-bond acceptors (Lipinski definition) is 7. The molecule has 5 heterocycles. The second-order valence-corrected chi connectivity index (χ2v) is 8.55. The van der Waals surface area contributed by atoms with E-state index in [9.17, 15) is 9.59 Å². The zero-order chi connectivity index (χ0) is 23.9. The summed E-state index contributed by atoms with van der Waals surface area (Å²) in [6.07, 6.45) is 4.21. The number of hydrogen-bond donors (Lipinski definition) is 3. The molecule has 0 saturated carbocycles. The molecular formula is C24H25N9O2. The van der Waals surface area contributed by atoms with Gasteiger partial charge >= 0.3 is 6.03 Å². The lowest BCUT2D eigenvalue weighted by atomic mass is 10.0. The summed E-state index contributed by atoms with van der Waals surface area (Å²) in [6.45, 7) is 5.28. The Kier molecular flexibility index (Phi) is 5.18. The lowest BCUT2D eigenvalue weighted by molar-refractivity contribution is 0.252. The third-order valence-corrected chi connectivity index (χ3v) is 6.43. The molecule has 2 amide bonds. The second kappa shape index (κ2) is 8.51. The number of amides is 2. The van der Waals surface area contributed by atoms with Crippen LogP contribution in [0.2, 0.25) is 0 Å². The van der Waals surface area contributed by atoms with Crippen molar-refractivity contribution in [1.29, 1.82) is 0 Å². The molecule has 1 saturated heterocycles. The Morgan fingerprint density at radius 3 is 2.83 bits per heavy atom. The molecule has 2 aliphatic heterocycles. The van der Waals surface area contributed by atoms with Crippen LogP contribution < -0.4 is 26.4 Å². The lowest BCUT2D eigenvalue weighted by Crippen LogP contribution is -2.28. The van der Waals surface area contributed by atoms with Gasteiger partial charge in [0.1, 0.15) is 11.2 Å². The van der Waals surface area contributed by atoms with E-state index in [1.807, 2.05) is 13.0 Å². The van der Waals surface area contributed by atoms with Crippen molar-refractivity contribution in [1.82, 2.24) is 34.9 Å². The summed E-state index contributed by atoms with van der Waals surface area (Å²) in [5, 5.41) is 9.88. The third kappa shape index (κ3) is 3.69. The minimum atomic E-state index is -0.186. The summed E-state index contributed by atoms with van der Waals surface area (Å²) in [7, 11) is 0. The quantitative estimate of drug-likeness (QED) is 0.406. The van der Waals surface area contributed by atoms with Crippen molar-refractivity contribution in [3.63, 3.8) is 0 Å². The highest BCUT2D eigenvalue weighted by Crippen LogP contribution is 2.24. The van der Waals surface area contributed by atoms with E-state index in [0.29, 0.717) is 48.1 Å². The summed E-state index contributed by atoms with van der Waals surface area (Å²) < 4.78 is 3.37. The molecule has 35 heavy (non-hydrogen) atoms. The fourth-order valence-electron chi connectivity index (χ4n) is 4.70. The summed E-state index contributed by atoms with van der Waals surface area (Å²) in [5.41, 5.74) is 4.49. The number of nitrogens with one attached hydrogen (secondary N) is 3. The van der Waals surface area contributed by atoms with E-state index in [-0.39, 0.29) is 11.6 Å². The second-order valence-electron chi connectivity index (χ2n) is 8.55. The summed E-state index contributed by atoms with van der Waals surface area (Å²) in [6, 6.07) is 9.67. The normalized spacial score (nSPS) is 15.3. The van der Waals surface area contributed by atoms with E-state index >= 15 is 0 Å². The van der Waals surface area contributed by atoms with Crippen LogP contribution in [0.1, 0.15) is 18.1 Å². The SMILES string of the molecule is CCn1c(=O)c2cnc(Nc3ccc4c(c3)CNCC4)nc2n1-c1ccnc(N2CCNC2=O)c1. The Balaban J connectivity index is 1.42. The number of anilines is 3. The Morgan fingerprint density at radius 1 is 1.09 bits per heavy atom. The van der Waals surface area contributed by atoms with Crippen molar-refractivity contribution in [2.24, 2.45) is 0 Å². The van der Waals surface area contributed by atoms with E-state index < -0.39 is 0 Å². The molecule has 3 N–H and O–H groups in total. The Hall–Kier alpha value is -4.25. The molecule has 0 atom stereocenters. The average Bonchev–Trinajstić information content (AvgIpc) is 3.44. The molecule has 0 bridgehead atoms. The zero-order valence-corrected chi connectivity index (χ0v) is 19.3. The molecule has 6 rings (SSSR count). The van der Waals surface area contributed by atoms with Gasteiger partial charge < -0.3 is 16.0 Å². The number of rotatable bonds is 5. The van der Waals surface area contributed by atoms with E-state index in [4.69, 9.17) is 4.98 Å². The first-order chi connectivity index (χ1) is 17.1. The van der Waals surface area contributed by atoms with Crippen LogP contribution in [0.25, 0.3) is 16.7 Å². The van der Waals surface area contributed by atoms with Crippen LogP contribution in [0.5, 0.6) is 0 Å². The topological polar surface area (TPSA) is 122 Å². The largest absolute Gasteiger partial charge is 0.336 e. The van der Waals surface area contributed by atoms with Crippen LogP contribution in [0.15, 0.2) is 47.5 Å². The molecule has 11 nitrogen and oxygen atoms in total. The van der Waals surface area contributed by atoms with Gasteiger partial charge in [-0.05, 0) is 49.2 Å². The van der Waals surface area contributed by atoms with Crippen molar-refractivity contribution < 1.29 is 4.79 Å². The fourth-order valence-corrected chi connectivity index (χ4v) is 4.70. The Bertz CT molecular complexity index is 1510. The molecule has 0 radical (unpaired) electrons. The standard InChI is InChI=1S/C24H25N9O2/c1-2-32-22(34)19-14-28-23(29-17-4-3-15-5-7-25-13-16(15)11-17)30-21(19)33(32)18-6-8-26-20(12-18)31-10-9-27-24(31)35/h3-4,6,8,11-12,14,25H,2,5,7,9-10,13H2,1H3,(H,27,35)(H,28,29,30). The van der Waals surface area contributed by atoms with Crippen LogP contribution in [0.3, 0.4) is 0 Å². The van der Waals surface area contributed by atoms with Crippen LogP contribution in [-0.2, 0) is 19.5 Å². The van der Waals surface area contributed by atoms with Gasteiger partial charge in [-0.25, -0.2) is 24.1 Å². The van der Waals surface area contributed by atoms with Gasteiger partial charge in [0.2, 0.25) is 5.95 Å². The molecule has 0 aliphatic carbocycles. The van der Waals surface area contributed by atoms with E-state index in [0.717, 1.165) is 25.2 Å². The minimum Gasteiger partial charge on any atom is -0.336 e. The van der Waals surface area contributed by atoms with Crippen molar-refractivity contribution in [3.8, 4) is 5.69 Å². The predicted octanol–water partition coefficient (Wildman–Crippen LogP) is 1.92. The summed E-state index contributed by atoms with van der Waals surface area (Å²) in [4.78, 5) is 40.3. The highest BCUT2D eigenvalue weighted by molar-refractivity contribution is 5.93. The highest BCUT2D eigenvalue weighted by Gasteiger charge is 2.24. The van der Waals surface area contributed by atoms with Gasteiger partial charge in [-0.2, -0.15) is 4.98 Å². The number of fused-ring (bicyclic) bond motifs is 2.